The van der Waals surface area contributed by atoms with Gasteiger partial charge in [0.05, 0.1) is 28.5 Å². The first-order valence-corrected chi connectivity index (χ1v) is 18.1. The van der Waals surface area contributed by atoms with E-state index in [4.69, 9.17) is 26.5 Å². The number of carbonyl (C=O) groups is 1. The third kappa shape index (κ3) is 5.70. The molecule has 0 spiro atoms. The number of halogens is 1. The Morgan fingerprint density at radius 3 is 2.60 bits per heavy atom. The van der Waals surface area contributed by atoms with E-state index in [0.29, 0.717) is 23.8 Å². The van der Waals surface area contributed by atoms with Crippen LogP contribution in [0.15, 0.2) is 59.5 Å². The topological polar surface area (TPSA) is 87.1 Å². The molecule has 3 aromatic carbocycles. The van der Waals surface area contributed by atoms with E-state index in [-0.39, 0.29) is 11.6 Å². The van der Waals surface area contributed by atoms with Crippen LogP contribution >= 0.6 is 35.1 Å². The van der Waals surface area contributed by atoms with Crippen LogP contribution in [-0.2, 0) is 38.4 Å². The Bertz CT molecular complexity index is 2180. The Kier molecular flexibility index (Phi) is 8.53. The number of ether oxygens (including phenoxy) is 1. The van der Waals surface area contributed by atoms with E-state index in [1.165, 1.54) is 0 Å². The number of nitrogens with zero attached hydrogens (tertiary/aromatic N) is 5. The zero-order valence-electron chi connectivity index (χ0n) is 27.0. The third-order valence-electron chi connectivity index (χ3n) is 9.20. The summed E-state index contributed by atoms with van der Waals surface area (Å²) in [5, 5.41) is 23.9. The summed E-state index contributed by atoms with van der Waals surface area (Å²) in [5.41, 5.74) is 7.68. The molecule has 242 valence electrons. The maximum Gasteiger partial charge on any atom is 0.352 e. The number of hydrogen-bond acceptors (Lipinski definition) is 6. The van der Waals surface area contributed by atoms with Gasteiger partial charge in [-0.2, -0.15) is 10.2 Å². The van der Waals surface area contributed by atoms with E-state index in [2.05, 4.69) is 37.3 Å². The average Bonchev–Trinajstić information content (AvgIpc) is 3.65. The molecule has 1 unspecified atom stereocenters. The zero-order valence-corrected chi connectivity index (χ0v) is 29.4. The van der Waals surface area contributed by atoms with Crippen LogP contribution in [0.5, 0.6) is 5.75 Å². The van der Waals surface area contributed by atoms with Crippen LogP contribution in [-0.4, -0.2) is 41.8 Å². The van der Waals surface area contributed by atoms with Crippen LogP contribution in [0.3, 0.4) is 0 Å². The molecule has 1 aliphatic heterocycles. The van der Waals surface area contributed by atoms with Crippen molar-refractivity contribution in [3.8, 4) is 16.9 Å². The number of hydrogen-bond donors (Lipinski definition) is 1. The normalized spacial score (nSPS) is 15.8. The minimum atomic E-state index is -0.966. The van der Waals surface area contributed by atoms with Crippen molar-refractivity contribution >= 4 is 62.8 Å². The first kappa shape index (κ1) is 31.7. The fourth-order valence-corrected chi connectivity index (χ4v) is 8.86. The summed E-state index contributed by atoms with van der Waals surface area (Å²) >= 11 is 10.5. The van der Waals surface area contributed by atoms with E-state index < -0.39 is 5.97 Å². The fourth-order valence-electron chi connectivity index (χ4n) is 6.78. The number of aryl methyl sites for hydroxylation is 3. The predicted octanol–water partition coefficient (Wildman–Crippen LogP) is 8.74. The molecular formula is C36H36ClN5O3S2. The van der Waals surface area contributed by atoms with Gasteiger partial charge in [-0.25, -0.2) is 4.79 Å². The number of thioether (sulfide) groups is 2. The highest BCUT2D eigenvalue weighted by atomic mass is 35.5. The van der Waals surface area contributed by atoms with Gasteiger partial charge in [-0.3, -0.25) is 9.36 Å². The van der Waals surface area contributed by atoms with Crippen LogP contribution in [0, 0.1) is 6.92 Å². The van der Waals surface area contributed by atoms with Crippen molar-refractivity contribution in [3.63, 3.8) is 0 Å². The van der Waals surface area contributed by atoms with Gasteiger partial charge in [-0.15, -0.1) is 23.5 Å². The standard InChI is InChI=1S/C36H36ClN5O3S2/c1-20-12-13-45-30-16-25(14-22-8-6-7-9-26(22)30)47-18-24-15-23(38-42(24)5)17-46-19-29-32(21(2)41(4)39-29)33-28(37)11-10-27-31(20)35(36(43)44)40(3)34(27)33/h6-11,14-16,20H,12-13,17-19H2,1-5H3,(H,43,44). The Balaban J connectivity index is 1.38. The van der Waals surface area contributed by atoms with Crippen molar-refractivity contribution in [1.29, 1.82) is 0 Å². The second-order valence-corrected chi connectivity index (χ2v) is 14.6. The monoisotopic (exact) mass is 685 g/mol. The molecule has 11 heteroatoms. The molecule has 3 aromatic heterocycles. The van der Waals surface area contributed by atoms with Crippen LogP contribution in [0.25, 0.3) is 32.8 Å². The lowest BCUT2D eigenvalue weighted by Gasteiger charge is -2.16. The number of fused-ring (bicyclic) bond motifs is 8. The maximum atomic E-state index is 12.9. The molecule has 1 aliphatic rings. The van der Waals surface area contributed by atoms with Crippen molar-refractivity contribution in [2.75, 3.05) is 6.61 Å². The van der Waals surface area contributed by atoms with Gasteiger partial charge in [0.25, 0.3) is 0 Å². The molecule has 47 heavy (non-hydrogen) atoms. The summed E-state index contributed by atoms with van der Waals surface area (Å²) in [6.07, 6.45) is 0.634. The van der Waals surface area contributed by atoms with Gasteiger partial charge in [-0.1, -0.05) is 48.9 Å². The van der Waals surface area contributed by atoms with Gasteiger partial charge < -0.3 is 14.4 Å². The number of aromatic nitrogens is 5. The van der Waals surface area contributed by atoms with Gasteiger partial charge >= 0.3 is 5.97 Å². The number of rotatable bonds is 1. The number of carboxylic acid groups (broad SMARTS) is 1. The summed E-state index contributed by atoms with van der Waals surface area (Å²) < 4.78 is 12.2. The van der Waals surface area contributed by atoms with Crippen molar-refractivity contribution in [1.82, 2.24) is 24.1 Å². The first-order chi connectivity index (χ1) is 22.6. The summed E-state index contributed by atoms with van der Waals surface area (Å²) in [6.45, 7) is 4.55. The highest BCUT2D eigenvalue weighted by Gasteiger charge is 2.29. The summed E-state index contributed by atoms with van der Waals surface area (Å²) in [5.74, 6) is 1.93. The lowest BCUT2D eigenvalue weighted by molar-refractivity contribution is 0.0685. The highest BCUT2D eigenvalue weighted by Crippen LogP contribution is 2.44. The van der Waals surface area contributed by atoms with E-state index in [0.717, 1.165) is 83.3 Å². The molecule has 4 heterocycles. The molecule has 0 saturated carbocycles. The second-order valence-electron chi connectivity index (χ2n) is 12.2. The van der Waals surface area contributed by atoms with Crippen LogP contribution in [0.4, 0.5) is 0 Å². The molecule has 1 N–H and O–H groups in total. The zero-order chi connectivity index (χ0) is 33.0. The Morgan fingerprint density at radius 1 is 0.979 bits per heavy atom. The van der Waals surface area contributed by atoms with Gasteiger partial charge in [0.1, 0.15) is 11.4 Å². The smallest absolute Gasteiger partial charge is 0.352 e. The van der Waals surface area contributed by atoms with Crippen molar-refractivity contribution in [3.05, 3.63) is 93.7 Å². The fraction of sp³-hybridized carbons (Fsp3) is 0.306. The van der Waals surface area contributed by atoms with Crippen molar-refractivity contribution < 1.29 is 14.6 Å². The number of aromatic carboxylic acids is 1. The Hall–Kier alpha value is -3.86. The molecule has 6 aromatic rings. The second kappa shape index (κ2) is 12.6. The first-order valence-electron chi connectivity index (χ1n) is 15.6. The molecule has 0 radical (unpaired) electrons. The van der Waals surface area contributed by atoms with Crippen LogP contribution in [0.1, 0.15) is 58.1 Å². The Labute approximate surface area is 287 Å². The third-order valence-corrected chi connectivity index (χ3v) is 11.5. The molecule has 8 bridgehead atoms. The molecule has 0 amide bonds. The molecule has 7 rings (SSSR count). The number of benzene rings is 3. The van der Waals surface area contributed by atoms with Crippen LogP contribution < -0.4 is 4.74 Å². The molecule has 0 saturated heterocycles. The van der Waals surface area contributed by atoms with Crippen LogP contribution in [0.2, 0.25) is 5.02 Å². The SMILES string of the molecule is Cc1c2c(nn1C)CSCc1cc(n(C)n1)CSc1cc(c3ccccc3c1)OCCC(C)c1c(C(=O)O)n(C)c3c-2c(Cl)ccc13. The maximum absolute atomic E-state index is 12.9. The Morgan fingerprint density at radius 2 is 1.79 bits per heavy atom. The van der Waals surface area contributed by atoms with Gasteiger partial charge in [0.2, 0.25) is 0 Å². The van der Waals surface area contributed by atoms with Crippen molar-refractivity contribution in [2.24, 2.45) is 21.1 Å². The van der Waals surface area contributed by atoms with E-state index >= 15 is 0 Å². The van der Waals surface area contributed by atoms with E-state index in [1.54, 1.807) is 28.1 Å². The predicted molar refractivity (Wildman–Crippen MR) is 192 cm³/mol. The quantitative estimate of drug-likeness (QED) is 0.185. The average molecular weight is 686 g/mol. The molecule has 0 fully saturated rings. The van der Waals surface area contributed by atoms with Gasteiger partial charge in [0, 0.05) is 76.6 Å². The van der Waals surface area contributed by atoms with E-state index in [1.807, 2.05) is 61.7 Å². The summed E-state index contributed by atoms with van der Waals surface area (Å²) in [4.78, 5) is 14.0. The largest absolute Gasteiger partial charge is 0.493 e. The molecular weight excluding hydrogens is 650 g/mol. The minimum absolute atomic E-state index is 0.0967. The molecule has 0 aliphatic carbocycles. The number of carboxylic acids is 1. The highest BCUT2D eigenvalue weighted by molar-refractivity contribution is 7.98. The minimum Gasteiger partial charge on any atom is -0.493 e. The summed E-state index contributed by atoms with van der Waals surface area (Å²) in [6, 6.07) is 18.6. The van der Waals surface area contributed by atoms with Gasteiger partial charge in [0.15, 0.2) is 0 Å². The molecule has 1 atom stereocenters. The van der Waals surface area contributed by atoms with Crippen molar-refractivity contribution in [2.45, 2.75) is 48.3 Å². The summed E-state index contributed by atoms with van der Waals surface area (Å²) in [7, 11) is 5.76. The van der Waals surface area contributed by atoms with Gasteiger partial charge in [-0.05, 0) is 54.5 Å². The lowest BCUT2D eigenvalue weighted by atomic mass is 9.93. The molecule has 8 nitrogen and oxygen atoms in total. The van der Waals surface area contributed by atoms with E-state index in [9.17, 15) is 9.90 Å². The lowest BCUT2D eigenvalue weighted by Crippen LogP contribution is -2.11.